The molecular weight excluding hydrogens is 300 g/mol. The highest BCUT2D eigenvalue weighted by Crippen LogP contribution is 2.35. The molecule has 0 bridgehead atoms. The van der Waals surface area contributed by atoms with Crippen LogP contribution >= 0.6 is 27.3 Å². The molecule has 0 fully saturated rings. The average molecular weight is 309 g/mol. The number of hydrogen-bond donors (Lipinski definition) is 2. The Bertz CT molecular complexity index is 568. The van der Waals surface area contributed by atoms with E-state index in [4.69, 9.17) is 0 Å². The van der Waals surface area contributed by atoms with Crippen LogP contribution in [0.2, 0.25) is 0 Å². The Morgan fingerprint density at radius 3 is 2.88 bits per heavy atom. The first-order valence-corrected chi connectivity index (χ1v) is 6.81. The van der Waals surface area contributed by atoms with Crippen LogP contribution in [0.4, 0.5) is 11.4 Å². The Morgan fingerprint density at radius 2 is 2.12 bits per heavy atom. The van der Waals surface area contributed by atoms with E-state index in [-0.39, 0.29) is 11.9 Å². The molecule has 1 aliphatic rings. The summed E-state index contributed by atoms with van der Waals surface area (Å²) >= 11 is 5.00. The van der Waals surface area contributed by atoms with Crippen LogP contribution in [0, 0.1) is 0 Å². The summed E-state index contributed by atoms with van der Waals surface area (Å²) in [6.45, 7) is 0. The van der Waals surface area contributed by atoms with Crippen LogP contribution in [0.15, 0.2) is 40.2 Å². The Balaban J connectivity index is 1.99. The predicted molar refractivity (Wildman–Crippen MR) is 73.5 cm³/mol. The minimum Gasteiger partial charge on any atom is -0.368 e. The molecule has 1 aromatic heterocycles. The van der Waals surface area contributed by atoms with E-state index >= 15 is 0 Å². The van der Waals surface area contributed by atoms with Gasteiger partial charge in [0.2, 0.25) is 0 Å². The number of anilines is 2. The lowest BCUT2D eigenvalue weighted by Gasteiger charge is -2.26. The molecule has 1 aliphatic heterocycles. The molecule has 0 aliphatic carbocycles. The number of nitrogens with one attached hydrogen (secondary N) is 2. The minimum atomic E-state index is -0.295. The Morgan fingerprint density at radius 1 is 1.24 bits per heavy atom. The average Bonchev–Trinajstić information content (AvgIpc) is 2.82. The molecule has 2 heterocycles. The molecule has 86 valence electrons. The summed E-state index contributed by atoms with van der Waals surface area (Å²) in [5.41, 5.74) is 1.77. The van der Waals surface area contributed by atoms with E-state index in [0.29, 0.717) is 0 Å². The van der Waals surface area contributed by atoms with Crippen molar-refractivity contribution < 1.29 is 4.79 Å². The summed E-state index contributed by atoms with van der Waals surface area (Å²) in [5.74, 6) is -0.0118. The van der Waals surface area contributed by atoms with E-state index in [2.05, 4.69) is 26.6 Å². The molecule has 1 amide bonds. The normalized spacial score (nSPS) is 18.2. The van der Waals surface area contributed by atoms with E-state index in [1.165, 1.54) is 0 Å². The number of carbonyl (C=O) groups is 1. The molecule has 1 atom stereocenters. The van der Waals surface area contributed by atoms with Crippen molar-refractivity contribution in [3.05, 3.63) is 45.1 Å². The molecule has 3 rings (SSSR count). The van der Waals surface area contributed by atoms with Crippen molar-refractivity contribution in [3.63, 3.8) is 0 Å². The zero-order valence-corrected chi connectivity index (χ0v) is 11.1. The summed E-state index contributed by atoms with van der Waals surface area (Å²) in [6, 6.07) is 9.38. The van der Waals surface area contributed by atoms with Gasteiger partial charge in [0.25, 0.3) is 5.91 Å². The number of halogens is 1. The van der Waals surface area contributed by atoms with Gasteiger partial charge in [-0.25, -0.2) is 0 Å². The first-order valence-electron chi connectivity index (χ1n) is 5.14. The maximum atomic E-state index is 12.0. The summed E-state index contributed by atoms with van der Waals surface area (Å²) in [5, 5.41) is 8.14. The second kappa shape index (κ2) is 4.16. The summed E-state index contributed by atoms with van der Waals surface area (Å²) in [4.78, 5) is 13.0. The Kier molecular flexibility index (Phi) is 2.64. The van der Waals surface area contributed by atoms with Crippen molar-refractivity contribution in [3.8, 4) is 0 Å². The molecule has 0 saturated carbocycles. The number of carbonyl (C=O) groups excluding carboxylic acids is 1. The molecule has 0 radical (unpaired) electrons. The van der Waals surface area contributed by atoms with E-state index < -0.39 is 0 Å². The lowest BCUT2D eigenvalue weighted by molar-refractivity contribution is -0.117. The largest absolute Gasteiger partial charge is 0.368 e. The van der Waals surface area contributed by atoms with Gasteiger partial charge in [-0.3, -0.25) is 4.79 Å². The number of fused-ring (bicyclic) bond motifs is 1. The fourth-order valence-corrected chi connectivity index (χ4v) is 2.96. The number of hydrogen-bond acceptors (Lipinski definition) is 3. The van der Waals surface area contributed by atoms with Crippen LogP contribution in [0.1, 0.15) is 10.9 Å². The molecule has 2 aromatic rings. The second-order valence-electron chi connectivity index (χ2n) is 3.77. The lowest BCUT2D eigenvalue weighted by atomic mass is 10.1. The topological polar surface area (TPSA) is 41.1 Å². The summed E-state index contributed by atoms with van der Waals surface area (Å²) in [6.07, 6.45) is 0. The maximum Gasteiger partial charge on any atom is 0.252 e. The number of thiophene rings is 1. The minimum absolute atomic E-state index is 0.0118. The van der Waals surface area contributed by atoms with Gasteiger partial charge in [0, 0.05) is 9.35 Å². The van der Waals surface area contributed by atoms with Gasteiger partial charge < -0.3 is 10.6 Å². The molecular formula is C12H9BrN2OS. The third kappa shape index (κ3) is 1.96. The fourth-order valence-electron chi connectivity index (χ4n) is 1.83. The fraction of sp³-hybridized carbons (Fsp3) is 0.0833. The molecule has 1 unspecified atom stereocenters. The van der Waals surface area contributed by atoms with Gasteiger partial charge in [-0.2, -0.15) is 0 Å². The number of amides is 1. The van der Waals surface area contributed by atoms with E-state index in [1.54, 1.807) is 11.3 Å². The Hall–Kier alpha value is -1.33. The molecule has 2 N–H and O–H groups in total. The monoisotopic (exact) mass is 308 g/mol. The van der Waals surface area contributed by atoms with Crippen LogP contribution in [0.3, 0.4) is 0 Å². The second-order valence-corrected chi connectivity index (χ2v) is 5.67. The molecule has 0 saturated heterocycles. The lowest BCUT2D eigenvalue weighted by Crippen LogP contribution is -2.31. The van der Waals surface area contributed by atoms with Crippen molar-refractivity contribution in [1.29, 1.82) is 0 Å². The Labute approximate surface area is 111 Å². The van der Waals surface area contributed by atoms with Gasteiger partial charge in [0.1, 0.15) is 6.04 Å². The smallest absolute Gasteiger partial charge is 0.252 e. The number of rotatable bonds is 1. The number of benzene rings is 1. The van der Waals surface area contributed by atoms with Gasteiger partial charge in [-0.1, -0.05) is 22.0 Å². The first-order chi connectivity index (χ1) is 8.24. The molecule has 5 heteroatoms. The van der Waals surface area contributed by atoms with Crippen LogP contribution in [0.25, 0.3) is 0 Å². The zero-order chi connectivity index (χ0) is 11.8. The van der Waals surface area contributed by atoms with Gasteiger partial charge >= 0.3 is 0 Å². The highest BCUT2D eigenvalue weighted by Gasteiger charge is 2.27. The van der Waals surface area contributed by atoms with E-state index in [9.17, 15) is 4.79 Å². The van der Waals surface area contributed by atoms with Crippen LogP contribution in [-0.4, -0.2) is 5.91 Å². The summed E-state index contributed by atoms with van der Waals surface area (Å²) in [7, 11) is 0. The predicted octanol–water partition coefficient (Wildman–Crippen LogP) is 3.62. The zero-order valence-electron chi connectivity index (χ0n) is 8.74. The van der Waals surface area contributed by atoms with Gasteiger partial charge in [0.15, 0.2) is 0 Å². The summed E-state index contributed by atoms with van der Waals surface area (Å²) < 4.78 is 0.991. The van der Waals surface area contributed by atoms with Crippen molar-refractivity contribution in [1.82, 2.24) is 0 Å². The first kappa shape index (κ1) is 10.8. The van der Waals surface area contributed by atoms with Gasteiger partial charge in [0.05, 0.1) is 11.4 Å². The highest BCUT2D eigenvalue weighted by atomic mass is 79.9. The molecule has 17 heavy (non-hydrogen) atoms. The molecule has 3 nitrogen and oxygen atoms in total. The molecule has 0 spiro atoms. The van der Waals surface area contributed by atoms with Crippen molar-refractivity contribution in [2.24, 2.45) is 0 Å². The van der Waals surface area contributed by atoms with E-state index in [0.717, 1.165) is 20.7 Å². The van der Waals surface area contributed by atoms with Crippen LogP contribution < -0.4 is 10.6 Å². The molecule has 1 aromatic carbocycles. The van der Waals surface area contributed by atoms with Crippen LogP contribution in [-0.2, 0) is 4.79 Å². The SMILES string of the molecule is O=C1Nc2ccc(Br)cc2NC1c1cccs1. The van der Waals surface area contributed by atoms with Gasteiger partial charge in [-0.15, -0.1) is 11.3 Å². The quantitative estimate of drug-likeness (QED) is 0.845. The highest BCUT2D eigenvalue weighted by molar-refractivity contribution is 9.10. The van der Waals surface area contributed by atoms with Crippen LogP contribution in [0.5, 0.6) is 0 Å². The van der Waals surface area contributed by atoms with Crippen molar-refractivity contribution >= 4 is 44.5 Å². The van der Waals surface area contributed by atoms with Crippen molar-refractivity contribution in [2.45, 2.75) is 6.04 Å². The maximum absolute atomic E-state index is 12.0. The van der Waals surface area contributed by atoms with Crippen molar-refractivity contribution in [2.75, 3.05) is 10.6 Å². The van der Waals surface area contributed by atoms with Gasteiger partial charge in [-0.05, 0) is 29.6 Å². The third-order valence-electron chi connectivity index (χ3n) is 2.63. The standard InChI is InChI=1S/C12H9BrN2OS/c13-7-3-4-8-9(6-7)14-11(12(16)15-8)10-2-1-5-17-10/h1-6,11,14H,(H,15,16). The third-order valence-corrected chi connectivity index (χ3v) is 4.06. The van der Waals surface area contributed by atoms with E-state index in [1.807, 2.05) is 35.7 Å².